The highest BCUT2D eigenvalue weighted by molar-refractivity contribution is 5.94. The van der Waals surface area contributed by atoms with Crippen molar-refractivity contribution in [3.05, 3.63) is 52.1 Å². The zero-order valence-corrected chi connectivity index (χ0v) is 17.5. The largest absolute Gasteiger partial charge is 0.381 e. The Morgan fingerprint density at radius 1 is 1.19 bits per heavy atom. The summed E-state index contributed by atoms with van der Waals surface area (Å²) in [5.41, 5.74) is 2.13. The smallest absolute Gasteiger partial charge is 0.255 e. The van der Waals surface area contributed by atoms with Crippen molar-refractivity contribution in [2.45, 2.75) is 31.2 Å². The number of carbonyl (C=O) groups is 1. The molecule has 2 saturated heterocycles. The molecule has 0 saturated carbocycles. The summed E-state index contributed by atoms with van der Waals surface area (Å²) in [5, 5.41) is 11.9. The number of anilines is 1. The van der Waals surface area contributed by atoms with Crippen LogP contribution in [0.1, 0.15) is 41.2 Å². The quantitative estimate of drug-likeness (QED) is 0.665. The lowest BCUT2D eigenvalue weighted by atomic mass is 10.0. The molecule has 5 heterocycles. The third-order valence-corrected chi connectivity index (χ3v) is 6.23. The van der Waals surface area contributed by atoms with Crippen LogP contribution in [0.3, 0.4) is 0 Å². The molecule has 2 aliphatic heterocycles. The highest BCUT2D eigenvalue weighted by Gasteiger charge is 2.29. The predicted octanol–water partition coefficient (Wildman–Crippen LogP) is 1.88. The third-order valence-electron chi connectivity index (χ3n) is 6.23. The lowest BCUT2D eigenvalue weighted by molar-refractivity contribution is 0.0789. The van der Waals surface area contributed by atoms with E-state index in [4.69, 9.17) is 9.72 Å². The van der Waals surface area contributed by atoms with Crippen molar-refractivity contribution in [2.75, 3.05) is 31.6 Å². The minimum absolute atomic E-state index is 0.0522. The third kappa shape index (κ3) is 3.93. The predicted molar refractivity (Wildman–Crippen MR) is 116 cm³/mol. The van der Waals surface area contributed by atoms with Crippen LogP contribution in [0, 0.1) is 0 Å². The number of nitrogens with zero attached hydrogens (tertiary/aromatic N) is 4. The summed E-state index contributed by atoms with van der Waals surface area (Å²) in [5.74, 6) is 0.957. The van der Waals surface area contributed by atoms with E-state index in [1.54, 1.807) is 19.3 Å². The summed E-state index contributed by atoms with van der Waals surface area (Å²) < 4.78 is 6.85. The maximum absolute atomic E-state index is 12.8. The van der Waals surface area contributed by atoms with Crippen molar-refractivity contribution in [1.29, 1.82) is 0 Å². The normalized spacial score (nSPS) is 19.8. The number of aromatic amines is 1. The molecule has 1 amide bonds. The molecule has 0 aromatic carbocycles. The Hall–Kier alpha value is -3.20. The van der Waals surface area contributed by atoms with Crippen molar-refractivity contribution in [2.24, 2.45) is 7.05 Å². The topological polar surface area (TPSA) is 105 Å². The van der Waals surface area contributed by atoms with E-state index in [9.17, 15) is 9.59 Å². The van der Waals surface area contributed by atoms with E-state index < -0.39 is 0 Å². The Kier molecular flexibility index (Phi) is 5.19. The first-order valence-electron chi connectivity index (χ1n) is 10.7. The van der Waals surface area contributed by atoms with E-state index in [-0.39, 0.29) is 17.4 Å². The lowest BCUT2D eigenvalue weighted by Crippen LogP contribution is -2.30. The summed E-state index contributed by atoms with van der Waals surface area (Å²) in [6.45, 7) is 2.84. The molecule has 3 aromatic heterocycles. The molecular formula is C22H26N6O3. The zero-order valence-electron chi connectivity index (χ0n) is 17.5. The summed E-state index contributed by atoms with van der Waals surface area (Å²) >= 11 is 0. The van der Waals surface area contributed by atoms with Crippen LogP contribution in [0.2, 0.25) is 0 Å². The van der Waals surface area contributed by atoms with E-state index in [0.717, 1.165) is 55.0 Å². The van der Waals surface area contributed by atoms with Gasteiger partial charge in [0.2, 0.25) is 5.56 Å². The van der Waals surface area contributed by atoms with Gasteiger partial charge in [0, 0.05) is 63.3 Å². The van der Waals surface area contributed by atoms with E-state index >= 15 is 0 Å². The minimum Gasteiger partial charge on any atom is -0.381 e. The highest BCUT2D eigenvalue weighted by Crippen LogP contribution is 2.29. The Bertz CT molecular complexity index is 1160. The summed E-state index contributed by atoms with van der Waals surface area (Å²) in [7, 11) is 1.65. The van der Waals surface area contributed by atoms with Gasteiger partial charge >= 0.3 is 0 Å². The lowest BCUT2D eigenvalue weighted by Gasteiger charge is -2.23. The first-order chi connectivity index (χ1) is 15.1. The van der Waals surface area contributed by atoms with Crippen LogP contribution in [-0.4, -0.2) is 62.9 Å². The molecule has 1 unspecified atom stereocenters. The fourth-order valence-electron chi connectivity index (χ4n) is 4.38. The second kappa shape index (κ2) is 8.14. The van der Waals surface area contributed by atoms with Gasteiger partial charge in [-0.1, -0.05) is 0 Å². The maximum Gasteiger partial charge on any atom is 0.255 e. The molecule has 2 N–H and O–H groups in total. The van der Waals surface area contributed by atoms with Gasteiger partial charge in [0.05, 0.1) is 10.9 Å². The van der Waals surface area contributed by atoms with Gasteiger partial charge < -0.3 is 19.5 Å². The van der Waals surface area contributed by atoms with Crippen LogP contribution in [0.5, 0.6) is 0 Å². The molecule has 9 nitrogen and oxygen atoms in total. The molecule has 0 spiro atoms. The number of aryl methyl sites for hydroxylation is 1. The Morgan fingerprint density at radius 3 is 2.84 bits per heavy atom. The number of pyridine rings is 2. The monoisotopic (exact) mass is 422 g/mol. The molecule has 0 radical (unpaired) electrons. The molecular weight excluding hydrogens is 396 g/mol. The fourth-order valence-corrected chi connectivity index (χ4v) is 4.38. The molecule has 2 aliphatic rings. The summed E-state index contributed by atoms with van der Waals surface area (Å²) in [4.78, 5) is 31.1. The maximum atomic E-state index is 12.8. The average Bonchev–Trinajstić information content (AvgIpc) is 3.43. The fraction of sp³-hybridized carbons (Fsp3) is 0.455. The Balaban J connectivity index is 1.29. The average molecular weight is 422 g/mol. The Labute approximate surface area is 179 Å². The van der Waals surface area contributed by atoms with E-state index in [0.29, 0.717) is 24.7 Å². The number of nitrogens with one attached hydrogen (secondary N) is 2. The molecule has 9 heteroatoms. The van der Waals surface area contributed by atoms with Crippen molar-refractivity contribution in [1.82, 2.24) is 24.6 Å². The SMILES string of the molecule is Cn1cc(C(=O)N2CCC(c3ccc4c(NC5CCOCC5)n[nH]c4n3)C2)ccc1=O. The molecule has 1 atom stereocenters. The highest BCUT2D eigenvalue weighted by atomic mass is 16.5. The number of rotatable bonds is 4. The van der Waals surface area contributed by atoms with Gasteiger partial charge in [0.15, 0.2) is 11.5 Å². The van der Waals surface area contributed by atoms with Crippen LogP contribution in [-0.2, 0) is 11.8 Å². The summed E-state index contributed by atoms with van der Waals surface area (Å²) in [6, 6.07) is 7.49. The number of ether oxygens (including phenoxy) is 1. The van der Waals surface area contributed by atoms with Crippen molar-refractivity contribution in [3.63, 3.8) is 0 Å². The molecule has 0 aliphatic carbocycles. The number of carbonyl (C=O) groups excluding carboxylic acids is 1. The molecule has 2 fully saturated rings. The molecule has 0 bridgehead atoms. The standard InChI is InChI=1S/C22H26N6O3/c1-27-12-15(2-5-19(27)29)22(30)28-9-6-14(13-28)18-4-3-17-20(25-26-21(17)24-18)23-16-7-10-31-11-8-16/h2-5,12,14,16H,6-11,13H2,1H3,(H2,23,24,25,26). The van der Waals surface area contributed by atoms with Crippen molar-refractivity contribution >= 4 is 22.8 Å². The number of hydrogen-bond donors (Lipinski definition) is 2. The van der Waals surface area contributed by atoms with Gasteiger partial charge in [0.25, 0.3) is 5.91 Å². The van der Waals surface area contributed by atoms with Gasteiger partial charge in [-0.25, -0.2) is 4.98 Å². The van der Waals surface area contributed by atoms with Crippen LogP contribution in [0.15, 0.2) is 35.3 Å². The first-order valence-corrected chi connectivity index (χ1v) is 10.7. The number of likely N-dealkylation sites (tertiary alicyclic amines) is 1. The summed E-state index contributed by atoms with van der Waals surface area (Å²) in [6.07, 6.45) is 4.40. The second-order valence-corrected chi connectivity index (χ2v) is 8.34. The number of fused-ring (bicyclic) bond motifs is 1. The van der Waals surface area contributed by atoms with Crippen LogP contribution in [0.25, 0.3) is 11.0 Å². The first kappa shape index (κ1) is 19.7. The van der Waals surface area contributed by atoms with Crippen LogP contribution < -0.4 is 10.9 Å². The van der Waals surface area contributed by atoms with Gasteiger partial charge in [-0.05, 0) is 37.5 Å². The molecule has 31 heavy (non-hydrogen) atoms. The Morgan fingerprint density at radius 2 is 2.03 bits per heavy atom. The number of aromatic nitrogens is 4. The van der Waals surface area contributed by atoms with Gasteiger partial charge in [-0.3, -0.25) is 14.7 Å². The molecule has 5 rings (SSSR count). The van der Waals surface area contributed by atoms with Gasteiger partial charge in [-0.15, -0.1) is 0 Å². The van der Waals surface area contributed by atoms with Crippen molar-refractivity contribution < 1.29 is 9.53 Å². The second-order valence-electron chi connectivity index (χ2n) is 8.34. The van der Waals surface area contributed by atoms with Gasteiger partial charge in [0.1, 0.15) is 0 Å². The van der Waals surface area contributed by atoms with Crippen molar-refractivity contribution in [3.8, 4) is 0 Å². The van der Waals surface area contributed by atoms with E-state index in [1.165, 1.54) is 10.6 Å². The molecule has 3 aromatic rings. The molecule has 162 valence electrons. The number of hydrogen-bond acceptors (Lipinski definition) is 6. The van der Waals surface area contributed by atoms with Crippen LogP contribution >= 0.6 is 0 Å². The van der Waals surface area contributed by atoms with Crippen LogP contribution in [0.4, 0.5) is 5.82 Å². The zero-order chi connectivity index (χ0) is 21.4. The minimum atomic E-state index is -0.126. The van der Waals surface area contributed by atoms with E-state index in [2.05, 4.69) is 21.6 Å². The number of H-pyrrole nitrogens is 1. The van der Waals surface area contributed by atoms with Gasteiger partial charge in [-0.2, -0.15) is 5.10 Å². The van der Waals surface area contributed by atoms with E-state index in [1.807, 2.05) is 11.0 Å². The number of amides is 1.